The van der Waals surface area contributed by atoms with Crippen LogP contribution in [0, 0.1) is 5.92 Å². The van der Waals surface area contributed by atoms with Crippen molar-refractivity contribution in [2.45, 2.75) is 26.3 Å². The molecule has 1 atom stereocenters. The maximum atomic E-state index is 12.5. The molecule has 0 aromatic heterocycles. The van der Waals surface area contributed by atoms with Crippen molar-refractivity contribution in [3.8, 4) is 11.5 Å². The first kappa shape index (κ1) is 20.6. The Kier molecular flexibility index (Phi) is 7.07. The van der Waals surface area contributed by atoms with Crippen molar-refractivity contribution in [2.75, 3.05) is 6.54 Å². The number of phenolic OH excluding ortho intramolecular Hbond substituents is 2. The quantitative estimate of drug-likeness (QED) is 0.546. The highest BCUT2D eigenvalue weighted by Gasteiger charge is 2.25. The molecule has 7 heteroatoms. The van der Waals surface area contributed by atoms with Gasteiger partial charge < -0.3 is 20.8 Å². The number of carbonyl (C=O) groups is 2. The average Bonchev–Trinajstić information content (AvgIpc) is 2.62. The average molecular weight is 391 g/mol. The number of phenols is 2. The molecule has 0 radical (unpaired) electrons. The highest BCUT2D eigenvalue weighted by Crippen LogP contribution is 2.24. The van der Waals surface area contributed by atoms with Gasteiger partial charge in [-0.05, 0) is 42.2 Å². The van der Waals surface area contributed by atoms with Crippen molar-refractivity contribution >= 4 is 23.4 Å². The zero-order chi connectivity index (χ0) is 20.0. The zero-order valence-corrected chi connectivity index (χ0v) is 16.0. The highest BCUT2D eigenvalue weighted by molar-refractivity contribution is 6.33. The van der Waals surface area contributed by atoms with Gasteiger partial charge in [0.1, 0.15) is 6.04 Å². The number of halogens is 1. The van der Waals surface area contributed by atoms with E-state index in [-0.39, 0.29) is 23.3 Å². The molecule has 1 unspecified atom stereocenters. The number of aromatic hydroxyl groups is 2. The Hall–Kier alpha value is -2.73. The molecule has 0 aliphatic rings. The lowest BCUT2D eigenvalue weighted by molar-refractivity contribution is -0.123. The van der Waals surface area contributed by atoms with E-state index < -0.39 is 11.9 Å². The molecule has 2 aromatic carbocycles. The van der Waals surface area contributed by atoms with Gasteiger partial charge in [0.05, 0.1) is 10.6 Å². The Labute approximate surface area is 163 Å². The van der Waals surface area contributed by atoms with Gasteiger partial charge in [-0.25, -0.2) is 0 Å². The Morgan fingerprint density at radius 1 is 1.07 bits per heavy atom. The van der Waals surface area contributed by atoms with E-state index in [1.165, 1.54) is 12.1 Å². The van der Waals surface area contributed by atoms with Crippen molar-refractivity contribution < 1.29 is 19.8 Å². The molecule has 2 aromatic rings. The van der Waals surface area contributed by atoms with E-state index in [2.05, 4.69) is 10.6 Å². The van der Waals surface area contributed by atoms with E-state index in [0.717, 1.165) is 5.56 Å². The van der Waals surface area contributed by atoms with Crippen LogP contribution in [0.3, 0.4) is 0 Å². The number of carbonyl (C=O) groups excluding carboxylic acids is 2. The van der Waals surface area contributed by atoms with Gasteiger partial charge in [-0.1, -0.05) is 43.6 Å². The van der Waals surface area contributed by atoms with Gasteiger partial charge in [0, 0.05) is 6.54 Å². The molecule has 0 saturated carbocycles. The standard InChI is InChI=1S/C20H23ClN2O4/c1-12(2)18(23-19(26)14-5-3-4-6-15(14)21)20(27)22-10-9-13-7-8-16(24)17(25)11-13/h3-8,11-12,18,24-25H,9-10H2,1-2H3,(H,22,27)(H,23,26). The second-order valence-electron chi connectivity index (χ2n) is 6.54. The van der Waals surface area contributed by atoms with Gasteiger partial charge in [0.25, 0.3) is 5.91 Å². The maximum absolute atomic E-state index is 12.5. The second-order valence-corrected chi connectivity index (χ2v) is 6.95. The van der Waals surface area contributed by atoms with Crippen LogP contribution in [0.5, 0.6) is 11.5 Å². The number of hydrogen-bond acceptors (Lipinski definition) is 4. The molecule has 6 nitrogen and oxygen atoms in total. The topological polar surface area (TPSA) is 98.7 Å². The van der Waals surface area contributed by atoms with Crippen LogP contribution >= 0.6 is 11.6 Å². The van der Waals surface area contributed by atoms with Crippen molar-refractivity contribution in [3.05, 3.63) is 58.6 Å². The predicted octanol–water partition coefficient (Wildman–Crippen LogP) is 2.86. The fraction of sp³-hybridized carbons (Fsp3) is 0.300. The molecular weight excluding hydrogens is 368 g/mol. The van der Waals surface area contributed by atoms with Crippen LogP contribution in [-0.4, -0.2) is 34.6 Å². The van der Waals surface area contributed by atoms with E-state index in [1.807, 2.05) is 13.8 Å². The van der Waals surface area contributed by atoms with E-state index in [9.17, 15) is 19.8 Å². The summed E-state index contributed by atoms with van der Waals surface area (Å²) in [6, 6.07) is 10.5. The van der Waals surface area contributed by atoms with Crippen LogP contribution < -0.4 is 10.6 Å². The minimum atomic E-state index is -0.706. The van der Waals surface area contributed by atoms with E-state index in [0.29, 0.717) is 23.6 Å². The first-order chi connectivity index (χ1) is 12.8. The second kappa shape index (κ2) is 9.28. The van der Waals surface area contributed by atoms with Crippen molar-refractivity contribution in [1.82, 2.24) is 10.6 Å². The summed E-state index contributed by atoms with van der Waals surface area (Å²) in [5.41, 5.74) is 1.09. The van der Waals surface area contributed by atoms with Gasteiger partial charge in [-0.3, -0.25) is 9.59 Å². The molecule has 0 fully saturated rings. The minimum Gasteiger partial charge on any atom is -0.504 e. The van der Waals surface area contributed by atoms with Crippen LogP contribution in [0.4, 0.5) is 0 Å². The SMILES string of the molecule is CC(C)C(NC(=O)c1ccccc1Cl)C(=O)NCCc1ccc(O)c(O)c1. The molecule has 0 bridgehead atoms. The van der Waals surface area contributed by atoms with Gasteiger partial charge in [-0.2, -0.15) is 0 Å². The summed E-state index contributed by atoms with van der Waals surface area (Å²) in [6.07, 6.45) is 0.475. The third-order valence-electron chi connectivity index (χ3n) is 4.11. The van der Waals surface area contributed by atoms with Crippen LogP contribution in [0.1, 0.15) is 29.8 Å². The van der Waals surface area contributed by atoms with Crippen molar-refractivity contribution in [2.24, 2.45) is 5.92 Å². The smallest absolute Gasteiger partial charge is 0.253 e. The molecule has 144 valence electrons. The summed E-state index contributed by atoms with van der Waals surface area (Å²) in [6.45, 7) is 4.01. The molecule has 0 saturated heterocycles. The molecule has 0 aliphatic carbocycles. The van der Waals surface area contributed by atoms with Gasteiger partial charge in [-0.15, -0.1) is 0 Å². The third kappa shape index (κ3) is 5.62. The first-order valence-corrected chi connectivity index (χ1v) is 9.01. The number of rotatable bonds is 7. The molecule has 0 heterocycles. The summed E-state index contributed by atoms with van der Waals surface area (Å²) in [5.74, 6) is -1.21. The zero-order valence-electron chi connectivity index (χ0n) is 15.2. The molecule has 2 rings (SSSR count). The van der Waals surface area contributed by atoms with Crippen LogP contribution in [0.2, 0.25) is 5.02 Å². The number of hydrogen-bond donors (Lipinski definition) is 4. The third-order valence-corrected chi connectivity index (χ3v) is 4.44. The van der Waals surface area contributed by atoms with E-state index >= 15 is 0 Å². The predicted molar refractivity (Wildman–Crippen MR) is 104 cm³/mol. The van der Waals surface area contributed by atoms with Crippen molar-refractivity contribution in [1.29, 1.82) is 0 Å². The van der Waals surface area contributed by atoms with Crippen LogP contribution in [0.25, 0.3) is 0 Å². The lowest BCUT2D eigenvalue weighted by atomic mass is 10.0. The minimum absolute atomic E-state index is 0.117. The lowest BCUT2D eigenvalue weighted by Crippen LogP contribution is -2.50. The number of benzene rings is 2. The van der Waals surface area contributed by atoms with Gasteiger partial charge in [0.15, 0.2) is 11.5 Å². The summed E-state index contributed by atoms with van der Waals surface area (Å²) in [7, 11) is 0. The van der Waals surface area contributed by atoms with Crippen molar-refractivity contribution in [3.63, 3.8) is 0 Å². The fourth-order valence-electron chi connectivity index (χ4n) is 2.56. The number of nitrogens with one attached hydrogen (secondary N) is 2. The maximum Gasteiger partial charge on any atom is 0.253 e. The van der Waals surface area contributed by atoms with E-state index in [1.54, 1.807) is 30.3 Å². The van der Waals surface area contributed by atoms with E-state index in [4.69, 9.17) is 11.6 Å². The molecule has 27 heavy (non-hydrogen) atoms. The molecule has 2 amide bonds. The molecular formula is C20H23ClN2O4. The Balaban J connectivity index is 1.95. The normalized spacial score (nSPS) is 11.9. The van der Waals surface area contributed by atoms with Crippen LogP contribution in [0.15, 0.2) is 42.5 Å². The Bertz CT molecular complexity index is 823. The fourth-order valence-corrected chi connectivity index (χ4v) is 2.79. The molecule has 0 spiro atoms. The highest BCUT2D eigenvalue weighted by atomic mass is 35.5. The summed E-state index contributed by atoms with van der Waals surface area (Å²) < 4.78 is 0. The first-order valence-electron chi connectivity index (χ1n) is 8.63. The largest absolute Gasteiger partial charge is 0.504 e. The molecule has 4 N–H and O–H groups in total. The number of amides is 2. The Morgan fingerprint density at radius 3 is 2.41 bits per heavy atom. The van der Waals surface area contributed by atoms with Gasteiger partial charge >= 0.3 is 0 Å². The molecule has 0 aliphatic heterocycles. The monoisotopic (exact) mass is 390 g/mol. The summed E-state index contributed by atoms with van der Waals surface area (Å²) in [4.78, 5) is 24.9. The van der Waals surface area contributed by atoms with Gasteiger partial charge in [0.2, 0.25) is 5.91 Å². The summed E-state index contributed by atoms with van der Waals surface area (Å²) >= 11 is 6.04. The summed E-state index contributed by atoms with van der Waals surface area (Å²) in [5, 5.41) is 24.7. The Morgan fingerprint density at radius 2 is 1.78 bits per heavy atom. The lowest BCUT2D eigenvalue weighted by Gasteiger charge is -2.22. The van der Waals surface area contributed by atoms with Crippen LogP contribution in [-0.2, 0) is 11.2 Å².